The molecule has 5 heteroatoms. The molecule has 2 aromatic rings. The predicted molar refractivity (Wildman–Crippen MR) is 84.6 cm³/mol. The number of benzene rings is 2. The van der Waals surface area contributed by atoms with Crippen LogP contribution < -0.4 is 4.74 Å². The molecule has 0 bridgehead atoms. The van der Waals surface area contributed by atoms with Gasteiger partial charge in [0.2, 0.25) is 0 Å². The molecular weight excluding hydrogens is 296 g/mol. The summed E-state index contributed by atoms with van der Waals surface area (Å²) < 4.78 is 15.1. The van der Waals surface area contributed by atoms with Crippen molar-refractivity contribution in [1.82, 2.24) is 0 Å². The number of hydrogen-bond donors (Lipinski definition) is 0. The van der Waals surface area contributed by atoms with Crippen molar-refractivity contribution in [3.63, 3.8) is 0 Å². The molecule has 0 amide bonds. The largest absolute Gasteiger partial charge is 0.489 e. The fourth-order valence-electron chi connectivity index (χ4n) is 2.09. The van der Waals surface area contributed by atoms with Gasteiger partial charge in [0.15, 0.2) is 0 Å². The third-order valence-electron chi connectivity index (χ3n) is 3.40. The van der Waals surface area contributed by atoms with Crippen LogP contribution >= 0.6 is 0 Å². The van der Waals surface area contributed by atoms with E-state index < -0.39 is 11.9 Å². The van der Waals surface area contributed by atoms with Crippen molar-refractivity contribution in [3.05, 3.63) is 64.7 Å². The van der Waals surface area contributed by atoms with Gasteiger partial charge in [-0.15, -0.1) is 0 Å². The second-order valence-corrected chi connectivity index (χ2v) is 4.94. The highest BCUT2D eigenvalue weighted by Gasteiger charge is 2.14. The van der Waals surface area contributed by atoms with Crippen LogP contribution in [-0.2, 0) is 16.1 Å². The van der Waals surface area contributed by atoms with Crippen molar-refractivity contribution in [2.45, 2.75) is 13.5 Å². The van der Waals surface area contributed by atoms with Crippen molar-refractivity contribution in [2.75, 3.05) is 14.2 Å². The first-order valence-corrected chi connectivity index (χ1v) is 7.04. The molecule has 0 heterocycles. The summed E-state index contributed by atoms with van der Waals surface area (Å²) in [5.74, 6) is -0.690. The van der Waals surface area contributed by atoms with Crippen LogP contribution in [0.25, 0.3) is 0 Å². The van der Waals surface area contributed by atoms with Gasteiger partial charge < -0.3 is 14.2 Å². The van der Waals surface area contributed by atoms with E-state index in [0.29, 0.717) is 12.4 Å². The fraction of sp³-hybridized carbons (Fsp3) is 0.222. The van der Waals surface area contributed by atoms with Crippen molar-refractivity contribution >= 4 is 11.9 Å². The Hall–Kier alpha value is -2.82. The molecule has 5 nitrogen and oxygen atoms in total. The van der Waals surface area contributed by atoms with Gasteiger partial charge in [-0.25, -0.2) is 9.59 Å². The van der Waals surface area contributed by atoms with E-state index in [-0.39, 0.29) is 11.1 Å². The molecular formula is C18H18O5. The molecule has 0 N–H and O–H groups in total. The second-order valence-electron chi connectivity index (χ2n) is 4.94. The molecule has 120 valence electrons. The lowest BCUT2D eigenvalue weighted by Crippen LogP contribution is -2.08. The zero-order valence-corrected chi connectivity index (χ0v) is 13.3. The normalized spacial score (nSPS) is 10.0. The summed E-state index contributed by atoms with van der Waals surface area (Å²) in [6.45, 7) is 2.32. The Morgan fingerprint density at radius 2 is 1.48 bits per heavy atom. The summed E-state index contributed by atoms with van der Waals surface area (Å²) in [5.41, 5.74) is 2.59. The third kappa shape index (κ3) is 4.10. The summed E-state index contributed by atoms with van der Waals surface area (Å²) >= 11 is 0. The lowest BCUT2D eigenvalue weighted by molar-refractivity contribution is 0.0598. The van der Waals surface area contributed by atoms with E-state index in [1.165, 1.54) is 32.4 Å². The summed E-state index contributed by atoms with van der Waals surface area (Å²) in [6.07, 6.45) is 0. The Morgan fingerprint density at radius 3 is 2.00 bits per heavy atom. The van der Waals surface area contributed by atoms with Crippen molar-refractivity contribution in [2.24, 2.45) is 0 Å². The maximum atomic E-state index is 11.7. The van der Waals surface area contributed by atoms with Crippen LogP contribution in [0.15, 0.2) is 42.5 Å². The molecule has 0 saturated heterocycles. The molecule has 0 radical (unpaired) electrons. The maximum absolute atomic E-state index is 11.7. The van der Waals surface area contributed by atoms with Crippen LogP contribution in [0.3, 0.4) is 0 Å². The van der Waals surface area contributed by atoms with Crippen LogP contribution in [0.2, 0.25) is 0 Å². The van der Waals surface area contributed by atoms with E-state index in [1.807, 2.05) is 31.2 Å². The SMILES string of the molecule is COC(=O)c1cc(OCc2ccccc2C)cc(C(=O)OC)c1. The number of aryl methyl sites for hydroxylation is 1. The minimum absolute atomic E-state index is 0.232. The molecule has 0 saturated carbocycles. The third-order valence-corrected chi connectivity index (χ3v) is 3.40. The number of esters is 2. The van der Waals surface area contributed by atoms with Crippen LogP contribution in [0.4, 0.5) is 0 Å². The molecule has 0 aliphatic rings. The highest BCUT2D eigenvalue weighted by molar-refractivity contribution is 5.96. The molecule has 2 aromatic carbocycles. The zero-order chi connectivity index (χ0) is 16.8. The van der Waals surface area contributed by atoms with Crippen LogP contribution in [0.5, 0.6) is 5.75 Å². The highest BCUT2D eigenvalue weighted by atomic mass is 16.5. The monoisotopic (exact) mass is 314 g/mol. The molecule has 0 spiro atoms. The van der Waals surface area contributed by atoms with Gasteiger partial charge in [0.05, 0.1) is 25.3 Å². The minimum atomic E-state index is -0.545. The first-order valence-electron chi connectivity index (χ1n) is 7.04. The van der Waals surface area contributed by atoms with Gasteiger partial charge >= 0.3 is 11.9 Å². The maximum Gasteiger partial charge on any atom is 0.338 e. The number of carbonyl (C=O) groups excluding carboxylic acids is 2. The molecule has 0 aliphatic carbocycles. The quantitative estimate of drug-likeness (QED) is 0.793. The molecule has 0 unspecified atom stereocenters. The van der Waals surface area contributed by atoms with E-state index >= 15 is 0 Å². The van der Waals surface area contributed by atoms with Gasteiger partial charge in [0.1, 0.15) is 12.4 Å². The number of ether oxygens (including phenoxy) is 3. The molecule has 0 aromatic heterocycles. The first kappa shape index (κ1) is 16.5. The predicted octanol–water partition coefficient (Wildman–Crippen LogP) is 3.15. The summed E-state index contributed by atoms with van der Waals surface area (Å²) in [5, 5.41) is 0. The van der Waals surface area contributed by atoms with Crippen LogP contribution in [-0.4, -0.2) is 26.2 Å². The van der Waals surface area contributed by atoms with E-state index in [9.17, 15) is 9.59 Å². The Morgan fingerprint density at radius 1 is 0.913 bits per heavy atom. The summed E-state index contributed by atoms with van der Waals surface area (Å²) in [6, 6.07) is 12.3. The summed E-state index contributed by atoms with van der Waals surface area (Å²) in [4.78, 5) is 23.5. The van der Waals surface area contributed by atoms with E-state index in [2.05, 4.69) is 0 Å². The molecule has 0 fully saturated rings. The number of carbonyl (C=O) groups is 2. The molecule has 2 rings (SSSR count). The standard InChI is InChI=1S/C18H18O5/c1-12-6-4-5-7-13(12)11-23-16-9-14(17(19)21-2)8-15(10-16)18(20)22-3/h4-10H,11H2,1-3H3. The van der Waals surface area contributed by atoms with Gasteiger partial charge in [-0.3, -0.25) is 0 Å². The van der Waals surface area contributed by atoms with E-state index in [1.54, 1.807) is 0 Å². The minimum Gasteiger partial charge on any atom is -0.489 e. The fourth-order valence-corrected chi connectivity index (χ4v) is 2.09. The Balaban J connectivity index is 2.28. The lowest BCUT2D eigenvalue weighted by atomic mass is 10.1. The van der Waals surface area contributed by atoms with Crippen molar-refractivity contribution in [1.29, 1.82) is 0 Å². The smallest absolute Gasteiger partial charge is 0.338 e. The second kappa shape index (κ2) is 7.45. The average Bonchev–Trinajstić information content (AvgIpc) is 2.59. The zero-order valence-electron chi connectivity index (χ0n) is 13.3. The van der Waals surface area contributed by atoms with Gasteiger partial charge in [0, 0.05) is 0 Å². The van der Waals surface area contributed by atoms with Gasteiger partial charge in [-0.05, 0) is 36.2 Å². The van der Waals surface area contributed by atoms with Crippen LogP contribution in [0.1, 0.15) is 31.8 Å². The average molecular weight is 314 g/mol. The first-order chi connectivity index (χ1) is 11.0. The van der Waals surface area contributed by atoms with Gasteiger partial charge in [-0.2, -0.15) is 0 Å². The summed E-state index contributed by atoms with van der Waals surface area (Å²) in [7, 11) is 2.56. The Bertz CT molecular complexity index is 687. The number of rotatable bonds is 5. The lowest BCUT2D eigenvalue weighted by Gasteiger charge is -2.11. The van der Waals surface area contributed by atoms with Gasteiger partial charge in [0.25, 0.3) is 0 Å². The number of methoxy groups -OCH3 is 2. The highest BCUT2D eigenvalue weighted by Crippen LogP contribution is 2.21. The topological polar surface area (TPSA) is 61.8 Å². The molecule has 23 heavy (non-hydrogen) atoms. The molecule has 0 aliphatic heterocycles. The van der Waals surface area contributed by atoms with E-state index in [0.717, 1.165) is 11.1 Å². The van der Waals surface area contributed by atoms with Crippen molar-refractivity contribution in [3.8, 4) is 5.75 Å². The van der Waals surface area contributed by atoms with E-state index in [4.69, 9.17) is 14.2 Å². The van der Waals surface area contributed by atoms with Crippen molar-refractivity contribution < 1.29 is 23.8 Å². The Kier molecular flexibility index (Phi) is 5.36. The number of hydrogen-bond acceptors (Lipinski definition) is 5. The Labute approximate surface area is 134 Å². The van der Waals surface area contributed by atoms with Crippen LogP contribution in [0, 0.1) is 6.92 Å². The molecule has 0 atom stereocenters. The van der Waals surface area contributed by atoms with Gasteiger partial charge in [-0.1, -0.05) is 24.3 Å².